The highest BCUT2D eigenvalue weighted by Gasteiger charge is 2.46. The molecule has 0 spiro atoms. The summed E-state index contributed by atoms with van der Waals surface area (Å²) in [6.07, 6.45) is -4.93. The zero-order valence-corrected chi connectivity index (χ0v) is 33.1. The monoisotopic (exact) mass is 867 g/mol. The Morgan fingerprint density at radius 2 is 1.75 bits per heavy atom. The number of halogens is 1. The predicted molar refractivity (Wildman–Crippen MR) is 201 cm³/mol. The van der Waals surface area contributed by atoms with Gasteiger partial charge in [-0.3, -0.25) is 28.0 Å². The molecular formula is C32H47ClN7O15PS. The lowest BCUT2D eigenvalue weighted by molar-refractivity contribution is -0.142. The quantitative estimate of drug-likeness (QED) is 0.0341. The molecule has 8 atom stereocenters. The van der Waals surface area contributed by atoms with Crippen LogP contribution in [0.4, 0.5) is 5.82 Å². The number of aliphatic hydroxyl groups is 2. The number of carboxylic acid groups (broad SMARTS) is 2. The average Bonchev–Trinajstić information content (AvgIpc) is 3.43. The second-order valence-corrected chi connectivity index (χ2v) is 17.6. The summed E-state index contributed by atoms with van der Waals surface area (Å²) in [5.41, 5.74) is 10.2. The molecule has 2 heterocycles. The van der Waals surface area contributed by atoms with Gasteiger partial charge in [0.1, 0.15) is 36.2 Å². The Bertz CT molecular complexity index is 1910. The first-order valence-electron chi connectivity index (χ1n) is 17.4. The number of unbranched alkanes of at least 4 members (excludes halogenated alkanes) is 1. The molecule has 3 rings (SSSR count). The van der Waals surface area contributed by atoms with E-state index in [1.165, 1.54) is 43.6 Å². The lowest BCUT2D eigenvalue weighted by atomic mass is 10.1. The van der Waals surface area contributed by atoms with Crippen molar-refractivity contribution in [2.45, 2.75) is 68.3 Å². The molecule has 8 unspecified atom stereocenters. The fourth-order valence-corrected chi connectivity index (χ4v) is 8.40. The molecule has 0 bridgehead atoms. The number of carbonyl (C=O) groups excluding carboxylic acids is 2. The second kappa shape index (κ2) is 21.6. The number of aliphatic carboxylic acids is 2. The molecule has 2 aromatic rings. The van der Waals surface area contributed by atoms with E-state index in [9.17, 15) is 52.3 Å². The molecular weight excluding hydrogens is 821 g/mol. The van der Waals surface area contributed by atoms with Gasteiger partial charge in [0.05, 0.1) is 24.7 Å². The fourth-order valence-electron chi connectivity index (χ4n) is 5.33. The molecule has 1 aliphatic rings. The molecule has 57 heavy (non-hydrogen) atoms. The van der Waals surface area contributed by atoms with Crippen LogP contribution in [0.2, 0.25) is 0 Å². The first kappa shape index (κ1) is 47.3. The molecule has 22 nitrogen and oxygen atoms in total. The number of hydrogen-bond donors (Lipinski definition) is 8. The maximum Gasteiger partial charge on any atom is 0.408 e. The topological polar surface area (TPSA) is 342 Å². The summed E-state index contributed by atoms with van der Waals surface area (Å²) < 4.78 is 59.7. The van der Waals surface area contributed by atoms with Gasteiger partial charge in [0, 0.05) is 25.0 Å². The standard InChI is InChI=1S/C32H47ClN7O15PS/c1-39(13-6-5-12-33)56(50,54-17-22-26(42)27(43)29(55-22)40-14-11-23(35)37-32(40)49)53-15-16-57(51,52)18-21(36-24(41)10-9-20(34)30(45)46)28(44)38-25(31(47)48)19-7-3-2-4-8-19/h2-4,7-8,11,14,20-22,25-27,29,42-43H,5-6,9-10,12-13,15-18,34H2,1H3,(H,36,41)(H,38,44)(H,45,46)(H,47,48)(H2,35,37,49). The van der Waals surface area contributed by atoms with E-state index in [0.29, 0.717) is 12.8 Å². The van der Waals surface area contributed by atoms with E-state index in [-0.39, 0.29) is 30.2 Å². The molecule has 0 aliphatic carbocycles. The van der Waals surface area contributed by atoms with Crippen LogP contribution in [0, 0.1) is 0 Å². The maximum absolute atomic E-state index is 14.1. The first-order valence-corrected chi connectivity index (χ1v) is 21.2. The number of aliphatic hydroxyl groups excluding tert-OH is 2. The minimum atomic E-state index is -4.43. The molecule has 1 aliphatic heterocycles. The Labute approximate surface area is 331 Å². The molecule has 25 heteroatoms. The van der Waals surface area contributed by atoms with E-state index in [1.807, 2.05) is 0 Å². The number of nitrogen functional groups attached to an aromatic ring is 1. The summed E-state index contributed by atoms with van der Waals surface area (Å²) in [4.78, 5) is 65.2. The van der Waals surface area contributed by atoms with Gasteiger partial charge in [-0.05, 0) is 37.9 Å². The third-order valence-corrected chi connectivity index (χ3v) is 12.5. The number of nitrogens with two attached hydrogens (primary N) is 2. The lowest BCUT2D eigenvalue weighted by Gasteiger charge is -2.28. The molecule has 0 saturated carbocycles. The molecule has 1 aromatic carbocycles. The van der Waals surface area contributed by atoms with Crippen LogP contribution >= 0.6 is 19.3 Å². The molecule has 1 fully saturated rings. The van der Waals surface area contributed by atoms with Gasteiger partial charge in [0.2, 0.25) is 11.8 Å². The number of anilines is 1. The van der Waals surface area contributed by atoms with Gasteiger partial charge in [0.25, 0.3) is 0 Å². The number of rotatable bonds is 24. The number of benzene rings is 1. The number of sulfone groups is 1. The van der Waals surface area contributed by atoms with Crippen molar-refractivity contribution in [2.75, 3.05) is 49.9 Å². The number of aromatic nitrogens is 2. The predicted octanol–water partition coefficient (Wildman–Crippen LogP) is -1.43. The van der Waals surface area contributed by atoms with Gasteiger partial charge < -0.3 is 47.3 Å². The van der Waals surface area contributed by atoms with Gasteiger partial charge in [-0.15, -0.1) is 11.6 Å². The van der Waals surface area contributed by atoms with Gasteiger partial charge in [-0.1, -0.05) is 30.3 Å². The van der Waals surface area contributed by atoms with Crippen molar-refractivity contribution < 1.29 is 66.4 Å². The molecule has 2 amide bonds. The normalized spacial score (nSPS) is 20.9. The summed E-state index contributed by atoms with van der Waals surface area (Å²) in [6.45, 7) is -1.40. The third kappa shape index (κ3) is 14.1. The van der Waals surface area contributed by atoms with E-state index >= 15 is 0 Å². The van der Waals surface area contributed by atoms with Gasteiger partial charge in [0.15, 0.2) is 22.1 Å². The molecule has 0 radical (unpaired) electrons. The van der Waals surface area contributed by atoms with Crippen LogP contribution < -0.4 is 27.8 Å². The molecule has 1 aromatic heterocycles. The first-order chi connectivity index (χ1) is 26.8. The maximum atomic E-state index is 14.1. The van der Waals surface area contributed by atoms with E-state index in [0.717, 1.165) is 9.24 Å². The number of alkyl halides is 1. The largest absolute Gasteiger partial charge is 0.480 e. The Hall–Kier alpha value is -4.03. The average molecular weight is 868 g/mol. The van der Waals surface area contributed by atoms with Crippen LogP contribution in [-0.2, 0) is 47.4 Å². The van der Waals surface area contributed by atoms with Crippen molar-refractivity contribution in [3.05, 3.63) is 58.6 Å². The van der Waals surface area contributed by atoms with Crippen LogP contribution in [-0.4, -0.2) is 141 Å². The number of carboxylic acids is 2. The minimum Gasteiger partial charge on any atom is -0.480 e. The summed E-state index contributed by atoms with van der Waals surface area (Å²) in [5.74, 6) is -6.89. The highest BCUT2D eigenvalue weighted by molar-refractivity contribution is 7.91. The van der Waals surface area contributed by atoms with Crippen LogP contribution in [0.5, 0.6) is 0 Å². The van der Waals surface area contributed by atoms with Crippen LogP contribution in [0.3, 0.4) is 0 Å². The van der Waals surface area contributed by atoms with Crippen molar-refractivity contribution in [1.82, 2.24) is 24.9 Å². The summed E-state index contributed by atoms with van der Waals surface area (Å²) in [6, 6.07) is 3.71. The molecule has 10 N–H and O–H groups in total. The SMILES string of the molecule is CN(CCCCCl)P(=O)(OCCS(=O)(=O)CC(NC(=O)CCC(N)C(=O)O)C(=O)NC(C(=O)O)c1ccccc1)OCC1OC(n2ccc(N)nc2=O)C(O)C1O. The Morgan fingerprint density at radius 3 is 2.37 bits per heavy atom. The summed E-state index contributed by atoms with van der Waals surface area (Å²) in [7, 11) is -7.50. The van der Waals surface area contributed by atoms with E-state index in [2.05, 4.69) is 15.6 Å². The summed E-state index contributed by atoms with van der Waals surface area (Å²) >= 11 is 5.77. The highest BCUT2D eigenvalue weighted by atomic mass is 35.5. The smallest absolute Gasteiger partial charge is 0.408 e. The van der Waals surface area contributed by atoms with E-state index in [4.69, 9.17) is 42.0 Å². The minimum absolute atomic E-state index is 0.0779. The van der Waals surface area contributed by atoms with Crippen LogP contribution in [0.1, 0.15) is 43.5 Å². The zero-order chi connectivity index (χ0) is 42.5. The highest BCUT2D eigenvalue weighted by Crippen LogP contribution is 2.51. The number of nitrogens with zero attached hydrogens (tertiary/aromatic N) is 3. The van der Waals surface area contributed by atoms with Crippen molar-refractivity contribution in [1.29, 1.82) is 0 Å². The number of amides is 2. The summed E-state index contributed by atoms with van der Waals surface area (Å²) in [5, 5.41) is 44.5. The van der Waals surface area contributed by atoms with Crippen LogP contribution in [0.25, 0.3) is 0 Å². The third-order valence-electron chi connectivity index (χ3n) is 8.54. The van der Waals surface area contributed by atoms with Gasteiger partial charge in [-0.25, -0.2) is 27.2 Å². The molecule has 1 saturated heterocycles. The number of nitrogens with one attached hydrogen (secondary N) is 2. The van der Waals surface area contributed by atoms with E-state index in [1.54, 1.807) is 6.07 Å². The van der Waals surface area contributed by atoms with Crippen molar-refractivity contribution in [3.8, 4) is 0 Å². The van der Waals surface area contributed by atoms with Crippen LogP contribution in [0.15, 0.2) is 47.4 Å². The lowest BCUT2D eigenvalue weighted by Crippen LogP contribution is -2.52. The van der Waals surface area contributed by atoms with Gasteiger partial charge >= 0.3 is 25.4 Å². The number of hydrogen-bond acceptors (Lipinski definition) is 16. The number of carbonyl (C=O) groups is 4. The van der Waals surface area contributed by atoms with Crippen molar-refractivity contribution in [3.63, 3.8) is 0 Å². The second-order valence-electron chi connectivity index (χ2n) is 12.9. The Kier molecular flexibility index (Phi) is 18.0. The Morgan fingerprint density at radius 1 is 1.07 bits per heavy atom. The van der Waals surface area contributed by atoms with Crippen molar-refractivity contribution in [2.24, 2.45) is 5.73 Å². The van der Waals surface area contributed by atoms with Gasteiger partial charge in [-0.2, -0.15) is 4.98 Å². The van der Waals surface area contributed by atoms with E-state index < -0.39 is 121 Å². The zero-order valence-electron chi connectivity index (χ0n) is 30.7. The Balaban J connectivity index is 1.76. The fraction of sp³-hybridized carbons (Fsp3) is 0.562. The molecule has 318 valence electrons. The van der Waals surface area contributed by atoms with Crippen molar-refractivity contribution >= 4 is 58.8 Å². The number of ether oxygens (including phenoxy) is 1.